The number of likely N-dealkylation sites (tertiary alicyclic amines) is 1. The van der Waals surface area contributed by atoms with Crippen molar-refractivity contribution in [2.45, 2.75) is 19.3 Å². The molecule has 1 N–H and O–H groups in total. The van der Waals surface area contributed by atoms with Crippen LogP contribution in [0.25, 0.3) is 21.9 Å². The van der Waals surface area contributed by atoms with E-state index in [4.69, 9.17) is 13.9 Å². The molecular weight excluding hydrogens is 452 g/mol. The van der Waals surface area contributed by atoms with Gasteiger partial charge in [0.1, 0.15) is 16.9 Å². The standard InChI is InChI=1S/C26H24N2O7/c1-33-22-12-18-15-6-4-5-9-20(15)35-21(18)13-19(22)27-23(29)14-34-24(30)10-11-28-25(31)16-7-2-3-8-17(16)26(28)32/h2-6,9,12-13,16-17H,7-8,10-11,14H2,1H3,(H,27,29). The Balaban J connectivity index is 1.17. The predicted molar refractivity (Wildman–Crippen MR) is 127 cm³/mol. The number of furan rings is 1. The van der Waals surface area contributed by atoms with Gasteiger partial charge in [-0.25, -0.2) is 0 Å². The number of rotatable bonds is 7. The van der Waals surface area contributed by atoms with Crippen molar-refractivity contribution in [2.24, 2.45) is 11.8 Å². The SMILES string of the molecule is COc1cc2c(cc1NC(=O)COC(=O)CCN1C(=O)C3CC=CCC3C1=O)oc1ccccc12. The van der Waals surface area contributed by atoms with Gasteiger partial charge in [0, 0.05) is 23.4 Å². The molecule has 1 aliphatic carbocycles. The summed E-state index contributed by atoms with van der Waals surface area (Å²) in [6, 6.07) is 11.0. The lowest BCUT2D eigenvalue weighted by molar-refractivity contribution is -0.148. The topological polar surface area (TPSA) is 115 Å². The van der Waals surface area contributed by atoms with Gasteiger partial charge in [0.05, 0.1) is 31.1 Å². The van der Waals surface area contributed by atoms with Gasteiger partial charge in [0.2, 0.25) is 11.8 Å². The van der Waals surface area contributed by atoms with Gasteiger partial charge in [-0.05, 0) is 25.0 Å². The van der Waals surface area contributed by atoms with Crippen molar-refractivity contribution >= 4 is 51.3 Å². The Morgan fingerprint density at radius 2 is 1.74 bits per heavy atom. The number of carbonyl (C=O) groups is 4. The number of amides is 3. The van der Waals surface area contributed by atoms with Crippen LogP contribution >= 0.6 is 0 Å². The quantitative estimate of drug-likeness (QED) is 0.316. The average Bonchev–Trinajstić information content (AvgIpc) is 3.35. The summed E-state index contributed by atoms with van der Waals surface area (Å²) in [6.45, 7) is -0.571. The van der Waals surface area contributed by atoms with Crippen molar-refractivity contribution in [3.05, 3.63) is 48.6 Å². The van der Waals surface area contributed by atoms with Crippen molar-refractivity contribution < 1.29 is 33.1 Å². The number of imide groups is 1. The largest absolute Gasteiger partial charge is 0.495 e. The zero-order valence-corrected chi connectivity index (χ0v) is 19.1. The Hall–Kier alpha value is -4.14. The Morgan fingerprint density at radius 1 is 1.03 bits per heavy atom. The van der Waals surface area contributed by atoms with Crippen LogP contribution in [0.3, 0.4) is 0 Å². The number of allylic oxidation sites excluding steroid dienone is 2. The van der Waals surface area contributed by atoms with E-state index in [9.17, 15) is 19.2 Å². The van der Waals surface area contributed by atoms with Gasteiger partial charge in [-0.3, -0.25) is 24.1 Å². The molecule has 3 aromatic rings. The van der Waals surface area contributed by atoms with Gasteiger partial charge in [0.25, 0.3) is 5.91 Å². The molecule has 9 nitrogen and oxygen atoms in total. The average molecular weight is 476 g/mol. The minimum atomic E-state index is -0.673. The molecule has 35 heavy (non-hydrogen) atoms. The van der Waals surface area contributed by atoms with Crippen LogP contribution in [0.15, 0.2) is 53.0 Å². The van der Waals surface area contributed by atoms with Gasteiger partial charge >= 0.3 is 5.97 Å². The summed E-state index contributed by atoms with van der Waals surface area (Å²) in [6.07, 6.45) is 4.72. The smallest absolute Gasteiger partial charge is 0.308 e. The third-order valence-corrected chi connectivity index (χ3v) is 6.48. The molecule has 5 rings (SSSR count). The molecule has 0 radical (unpaired) electrons. The number of nitrogens with zero attached hydrogens (tertiary/aromatic N) is 1. The van der Waals surface area contributed by atoms with Gasteiger partial charge in [-0.1, -0.05) is 30.4 Å². The number of hydrogen-bond acceptors (Lipinski definition) is 7. The highest BCUT2D eigenvalue weighted by atomic mass is 16.5. The molecule has 0 spiro atoms. The Bertz CT molecular complexity index is 1350. The van der Waals surface area contributed by atoms with E-state index in [-0.39, 0.29) is 36.6 Å². The summed E-state index contributed by atoms with van der Waals surface area (Å²) >= 11 is 0. The van der Waals surface area contributed by atoms with Crippen LogP contribution in [0.5, 0.6) is 5.75 Å². The third-order valence-electron chi connectivity index (χ3n) is 6.48. The maximum absolute atomic E-state index is 12.5. The van der Waals surface area contributed by atoms with E-state index in [1.807, 2.05) is 36.4 Å². The molecule has 2 aliphatic rings. The van der Waals surface area contributed by atoms with Gasteiger partial charge in [-0.15, -0.1) is 0 Å². The van der Waals surface area contributed by atoms with Crippen LogP contribution in [-0.2, 0) is 23.9 Å². The van der Waals surface area contributed by atoms with Crippen molar-refractivity contribution in [2.75, 3.05) is 25.6 Å². The Morgan fingerprint density at radius 3 is 2.46 bits per heavy atom. The molecule has 1 aliphatic heterocycles. The fraction of sp³-hybridized carbons (Fsp3) is 0.308. The van der Waals surface area contributed by atoms with Crippen LogP contribution in [0.4, 0.5) is 5.69 Å². The fourth-order valence-electron chi connectivity index (χ4n) is 4.72. The van der Waals surface area contributed by atoms with E-state index >= 15 is 0 Å². The monoisotopic (exact) mass is 476 g/mol. The molecule has 9 heteroatoms. The lowest BCUT2D eigenvalue weighted by Gasteiger charge is -2.14. The first-order chi connectivity index (χ1) is 17.0. The summed E-state index contributed by atoms with van der Waals surface area (Å²) in [7, 11) is 1.49. The molecule has 1 saturated heterocycles. The lowest BCUT2D eigenvalue weighted by atomic mass is 9.85. The fourth-order valence-corrected chi connectivity index (χ4v) is 4.72. The summed E-state index contributed by atoms with van der Waals surface area (Å²) in [4.78, 5) is 50.7. The Labute approximate surface area is 200 Å². The summed E-state index contributed by atoms with van der Waals surface area (Å²) in [5.74, 6) is -1.97. The highest BCUT2D eigenvalue weighted by Gasteiger charge is 2.46. The minimum absolute atomic E-state index is 0.0539. The number of anilines is 1. The molecule has 180 valence electrons. The van der Waals surface area contributed by atoms with Gasteiger partial charge in [0.15, 0.2) is 6.61 Å². The first-order valence-corrected chi connectivity index (χ1v) is 11.4. The second-order valence-electron chi connectivity index (χ2n) is 8.59. The number of para-hydroxylation sites is 1. The lowest BCUT2D eigenvalue weighted by Crippen LogP contribution is -2.33. The molecular formula is C26H24N2O7. The zero-order valence-electron chi connectivity index (χ0n) is 19.1. The summed E-state index contributed by atoms with van der Waals surface area (Å²) in [5, 5.41) is 4.45. The van der Waals surface area contributed by atoms with E-state index in [1.165, 1.54) is 7.11 Å². The van der Waals surface area contributed by atoms with Crippen molar-refractivity contribution in [3.63, 3.8) is 0 Å². The third kappa shape index (κ3) is 4.25. The first-order valence-electron chi connectivity index (χ1n) is 11.4. The molecule has 0 saturated carbocycles. The van der Waals surface area contributed by atoms with Crippen LogP contribution in [-0.4, -0.2) is 48.9 Å². The number of esters is 1. The van der Waals surface area contributed by atoms with Crippen LogP contribution in [0.1, 0.15) is 19.3 Å². The van der Waals surface area contributed by atoms with E-state index < -0.39 is 18.5 Å². The molecule has 3 amide bonds. The highest BCUT2D eigenvalue weighted by Crippen LogP contribution is 2.37. The van der Waals surface area contributed by atoms with E-state index in [0.717, 1.165) is 15.7 Å². The highest BCUT2D eigenvalue weighted by molar-refractivity contribution is 6.08. The van der Waals surface area contributed by atoms with E-state index in [2.05, 4.69) is 5.32 Å². The first kappa shape index (κ1) is 22.6. The van der Waals surface area contributed by atoms with Crippen molar-refractivity contribution in [3.8, 4) is 5.75 Å². The van der Waals surface area contributed by atoms with Crippen LogP contribution in [0.2, 0.25) is 0 Å². The molecule has 1 fully saturated rings. The normalized spacial score (nSPS) is 19.3. The van der Waals surface area contributed by atoms with E-state index in [1.54, 1.807) is 12.1 Å². The van der Waals surface area contributed by atoms with Crippen molar-refractivity contribution in [1.29, 1.82) is 0 Å². The number of benzene rings is 2. The summed E-state index contributed by atoms with van der Waals surface area (Å²) < 4.78 is 16.3. The van der Waals surface area contributed by atoms with Crippen LogP contribution < -0.4 is 10.1 Å². The van der Waals surface area contributed by atoms with Crippen LogP contribution in [0, 0.1) is 11.8 Å². The molecule has 2 unspecified atom stereocenters. The molecule has 2 atom stereocenters. The second-order valence-corrected chi connectivity index (χ2v) is 8.59. The molecule has 2 heterocycles. The maximum Gasteiger partial charge on any atom is 0.308 e. The number of carbonyl (C=O) groups excluding carboxylic acids is 4. The number of ether oxygens (including phenoxy) is 2. The predicted octanol–water partition coefficient (Wildman–Crippen LogP) is 3.42. The summed E-state index contributed by atoms with van der Waals surface area (Å²) in [5.41, 5.74) is 1.67. The van der Waals surface area contributed by atoms with Crippen molar-refractivity contribution in [1.82, 2.24) is 4.90 Å². The molecule has 2 aromatic carbocycles. The number of hydrogen-bond donors (Lipinski definition) is 1. The maximum atomic E-state index is 12.5. The zero-order chi connectivity index (χ0) is 24.5. The van der Waals surface area contributed by atoms with Gasteiger partial charge < -0.3 is 19.2 Å². The molecule has 0 bridgehead atoms. The number of nitrogens with one attached hydrogen (secondary N) is 1. The second kappa shape index (κ2) is 9.25. The minimum Gasteiger partial charge on any atom is -0.495 e. The molecule has 1 aromatic heterocycles. The Kier molecular flexibility index (Phi) is 5.98. The number of fused-ring (bicyclic) bond motifs is 4. The number of methoxy groups -OCH3 is 1. The van der Waals surface area contributed by atoms with Gasteiger partial charge in [-0.2, -0.15) is 0 Å². The van der Waals surface area contributed by atoms with E-state index in [0.29, 0.717) is 35.4 Å².